The van der Waals surface area contributed by atoms with E-state index in [0.717, 1.165) is 17.1 Å². The molecule has 0 aromatic heterocycles. The van der Waals surface area contributed by atoms with Gasteiger partial charge in [-0.05, 0) is 50.2 Å². The number of amidine groups is 1. The van der Waals surface area contributed by atoms with E-state index in [9.17, 15) is 9.90 Å². The Morgan fingerprint density at radius 3 is 2.31 bits per heavy atom. The van der Waals surface area contributed by atoms with Crippen LogP contribution in [0.2, 0.25) is 0 Å². The van der Waals surface area contributed by atoms with Crippen molar-refractivity contribution in [2.75, 3.05) is 31.2 Å². The fourth-order valence-electron chi connectivity index (χ4n) is 4.76. The van der Waals surface area contributed by atoms with Crippen molar-refractivity contribution in [3.05, 3.63) is 97.2 Å². The number of ether oxygens (including phenoxy) is 3. The average molecular weight is 619 g/mol. The smallest absolute Gasteiger partial charge is 0.332 e. The first-order valence-electron chi connectivity index (χ1n) is 15.0. The summed E-state index contributed by atoms with van der Waals surface area (Å²) >= 11 is 0. The van der Waals surface area contributed by atoms with Gasteiger partial charge in [0.2, 0.25) is 5.90 Å². The van der Waals surface area contributed by atoms with Gasteiger partial charge in [-0.1, -0.05) is 63.4 Å². The van der Waals surface area contributed by atoms with Crippen LogP contribution >= 0.6 is 0 Å². The summed E-state index contributed by atoms with van der Waals surface area (Å²) in [4.78, 5) is 21.3. The Kier molecular flexibility index (Phi) is 13.3. The van der Waals surface area contributed by atoms with E-state index in [1.807, 2.05) is 81.4 Å². The van der Waals surface area contributed by atoms with Gasteiger partial charge < -0.3 is 40.2 Å². The number of esters is 1. The summed E-state index contributed by atoms with van der Waals surface area (Å²) in [5.74, 6) is -0.503. The van der Waals surface area contributed by atoms with Crippen LogP contribution < -0.4 is 16.0 Å². The molecule has 0 bridgehead atoms. The van der Waals surface area contributed by atoms with E-state index in [-0.39, 0.29) is 49.3 Å². The first kappa shape index (κ1) is 35.0. The minimum atomic E-state index is -0.684. The molecule has 0 aliphatic carbocycles. The van der Waals surface area contributed by atoms with Crippen LogP contribution in [0.5, 0.6) is 0 Å². The van der Waals surface area contributed by atoms with Crippen molar-refractivity contribution in [2.45, 2.75) is 52.4 Å². The average Bonchev–Trinajstić information content (AvgIpc) is 3.43. The fraction of sp³-hybridized carbons (Fsp3) is 0.382. The molecule has 11 heteroatoms. The second-order valence-electron chi connectivity index (χ2n) is 10.8. The van der Waals surface area contributed by atoms with Gasteiger partial charge in [-0.15, -0.1) is 0 Å². The first-order valence-corrected chi connectivity index (χ1v) is 15.0. The molecule has 0 saturated carbocycles. The van der Waals surface area contributed by atoms with E-state index in [4.69, 9.17) is 25.4 Å². The van der Waals surface area contributed by atoms with Gasteiger partial charge in [0.05, 0.1) is 25.4 Å². The van der Waals surface area contributed by atoms with Crippen LogP contribution in [0, 0.1) is 11.3 Å². The van der Waals surface area contributed by atoms with E-state index in [0.29, 0.717) is 18.9 Å². The number of rotatable bonds is 15. The van der Waals surface area contributed by atoms with Crippen molar-refractivity contribution >= 4 is 29.1 Å². The van der Waals surface area contributed by atoms with Gasteiger partial charge in [-0.2, -0.15) is 0 Å². The number of nitrogens with two attached hydrogens (primary N) is 1. The summed E-state index contributed by atoms with van der Waals surface area (Å²) in [7, 11) is 0. The maximum absolute atomic E-state index is 13.2. The van der Waals surface area contributed by atoms with Crippen LogP contribution in [0.25, 0.3) is 0 Å². The zero-order chi connectivity index (χ0) is 32.9. The van der Waals surface area contributed by atoms with Gasteiger partial charge >= 0.3 is 5.97 Å². The molecule has 3 atom stereocenters. The number of nitrogens with zero attached hydrogens (tertiary/aromatic N) is 3. The van der Waals surface area contributed by atoms with Crippen LogP contribution in [-0.4, -0.2) is 72.3 Å². The third-order valence-electron chi connectivity index (χ3n) is 7.17. The van der Waals surface area contributed by atoms with Crippen LogP contribution in [-0.2, 0) is 19.0 Å². The van der Waals surface area contributed by atoms with Crippen molar-refractivity contribution in [2.24, 2.45) is 16.6 Å². The quantitative estimate of drug-likeness (QED) is 0.127. The molecule has 3 rings (SSSR count). The van der Waals surface area contributed by atoms with Crippen LogP contribution in [0.15, 0.2) is 102 Å². The molecule has 0 radical (unpaired) electrons. The topological polar surface area (TPSA) is 146 Å². The summed E-state index contributed by atoms with van der Waals surface area (Å²) in [5.41, 5.74) is 8.63. The summed E-state index contributed by atoms with van der Waals surface area (Å²) in [6.45, 7) is 16.0. The number of aliphatic imine (C=N–C) groups is 1. The van der Waals surface area contributed by atoms with Crippen molar-refractivity contribution in [1.29, 1.82) is 5.41 Å². The molecular formula is C34H46N6O5. The lowest BCUT2D eigenvalue weighted by Crippen LogP contribution is -2.34. The van der Waals surface area contributed by atoms with E-state index >= 15 is 0 Å². The molecule has 0 amide bonds. The van der Waals surface area contributed by atoms with Gasteiger partial charge in [0.25, 0.3) is 0 Å². The van der Waals surface area contributed by atoms with E-state index in [1.165, 1.54) is 6.20 Å². The van der Waals surface area contributed by atoms with Gasteiger partial charge in [0.1, 0.15) is 24.2 Å². The van der Waals surface area contributed by atoms with Crippen molar-refractivity contribution in [3.63, 3.8) is 0 Å². The third kappa shape index (κ3) is 10.0. The molecule has 1 unspecified atom stereocenters. The molecule has 11 nitrogen and oxygen atoms in total. The van der Waals surface area contributed by atoms with Crippen LogP contribution in [0.3, 0.4) is 0 Å². The number of nitrogens with one attached hydrogen (secondary N) is 2. The highest BCUT2D eigenvalue weighted by atomic mass is 16.6. The second-order valence-corrected chi connectivity index (χ2v) is 10.8. The Labute approximate surface area is 266 Å². The highest BCUT2D eigenvalue weighted by molar-refractivity contribution is 5.99. The molecule has 1 heterocycles. The minimum Gasteiger partial charge on any atom is -0.404 e. The molecule has 1 aliphatic heterocycles. The Hall–Kier alpha value is -4.45. The minimum absolute atomic E-state index is 0.135. The Morgan fingerprint density at radius 2 is 1.80 bits per heavy atom. The largest absolute Gasteiger partial charge is 0.404 e. The molecule has 5 N–H and O–H groups in total. The van der Waals surface area contributed by atoms with Crippen molar-refractivity contribution in [1.82, 2.24) is 10.2 Å². The van der Waals surface area contributed by atoms with E-state index in [1.54, 1.807) is 16.7 Å². The highest BCUT2D eigenvalue weighted by Gasteiger charge is 2.36. The number of aliphatic hydroxyl groups is 1. The fourth-order valence-corrected chi connectivity index (χ4v) is 4.76. The first-order chi connectivity index (χ1) is 21.6. The molecular weight excluding hydrogens is 572 g/mol. The number of carbonyl (C=O) groups is 1. The number of aliphatic hydroxyl groups excluding tert-OH is 1. The Morgan fingerprint density at radius 1 is 1.20 bits per heavy atom. The van der Waals surface area contributed by atoms with Gasteiger partial charge in [0.15, 0.2) is 5.82 Å². The monoisotopic (exact) mass is 618 g/mol. The van der Waals surface area contributed by atoms with Gasteiger partial charge in [-0.3, -0.25) is 5.41 Å². The molecule has 242 valence electrons. The molecule has 0 spiro atoms. The lowest BCUT2D eigenvalue weighted by Gasteiger charge is -2.26. The number of benzene rings is 2. The lowest BCUT2D eigenvalue weighted by atomic mass is 10.1. The van der Waals surface area contributed by atoms with Gasteiger partial charge in [-0.25, -0.2) is 9.79 Å². The Balaban J connectivity index is 1.88. The predicted octanol–water partition coefficient (Wildman–Crippen LogP) is 4.65. The maximum atomic E-state index is 13.2. The summed E-state index contributed by atoms with van der Waals surface area (Å²) < 4.78 is 17.3. The van der Waals surface area contributed by atoms with Crippen LogP contribution in [0.1, 0.15) is 34.1 Å². The number of hydrogen-bond donors (Lipinski definition) is 4. The number of carbonyl (C=O) groups excluding carboxylic acids is 1. The highest BCUT2D eigenvalue weighted by Crippen LogP contribution is 2.27. The van der Waals surface area contributed by atoms with E-state index < -0.39 is 18.0 Å². The number of hydrogen-bond acceptors (Lipinski definition) is 10. The molecule has 1 saturated heterocycles. The number of para-hydroxylation sites is 2. The summed E-state index contributed by atoms with van der Waals surface area (Å²) in [6.07, 6.45) is 0.963. The Bertz CT molecular complexity index is 1320. The molecule has 2 aromatic rings. The van der Waals surface area contributed by atoms with Gasteiger partial charge in [0, 0.05) is 30.1 Å². The zero-order valence-corrected chi connectivity index (χ0v) is 26.6. The maximum Gasteiger partial charge on any atom is 0.332 e. The van der Waals surface area contributed by atoms with E-state index in [2.05, 4.69) is 23.5 Å². The summed E-state index contributed by atoms with van der Waals surface area (Å²) in [5, 5.41) is 21.6. The normalized spacial score (nSPS) is 18.6. The van der Waals surface area contributed by atoms with Crippen LogP contribution in [0.4, 0.5) is 11.4 Å². The SMILES string of the molecule is C=CN(C[C@H]1CC(OCC)[C@@H](CO)O1)C(/N=C(\C)NC(=C)C(C)C)=C(\N)C(=N)OC(=O)CN(c1ccccc1)c1ccccc1. The molecule has 45 heavy (non-hydrogen) atoms. The molecule has 1 aliphatic rings. The van der Waals surface area contributed by atoms with Crippen molar-refractivity contribution < 1.29 is 24.1 Å². The predicted molar refractivity (Wildman–Crippen MR) is 178 cm³/mol. The summed E-state index contributed by atoms with van der Waals surface area (Å²) in [6, 6.07) is 18.9. The second kappa shape index (κ2) is 17.1. The zero-order valence-electron chi connectivity index (χ0n) is 26.6. The third-order valence-corrected chi connectivity index (χ3v) is 7.17. The lowest BCUT2D eigenvalue weighted by molar-refractivity contribution is -0.133. The molecule has 2 aromatic carbocycles. The standard InChI is InChI=1S/C34H46N6O5/c1-7-39(20-28-19-29(43-8-2)30(22-41)44-28)34(38-25(6)37-24(5)23(3)4)32(35)33(36)45-31(42)21-40(26-15-11-9-12-16-26)27-17-13-10-14-18-27/h7,9-18,23,28-30,36,41H,1,5,8,19-22,35H2,2-4,6H3,(H,37,38)/b34-32-,36-33?/t28-,29?,30-/m1/s1. The van der Waals surface area contributed by atoms with Crippen molar-refractivity contribution in [3.8, 4) is 0 Å². The molecule has 1 fully saturated rings. The number of allylic oxidation sites excluding steroid dienone is 1. The number of anilines is 2.